The number of hydrogen-bond donors (Lipinski definition) is 2. The maximum Gasteiger partial charge on any atom is 0.163 e. The quantitative estimate of drug-likeness (QED) is 0.674. The molecule has 2 nitrogen and oxygen atoms in total. The van der Waals surface area contributed by atoms with Crippen molar-refractivity contribution in [1.82, 2.24) is 0 Å². The predicted octanol–water partition coefficient (Wildman–Crippen LogP) is 3.99. The minimum absolute atomic E-state index is 0.501. The van der Waals surface area contributed by atoms with Crippen LogP contribution < -0.4 is 5.32 Å². The molecule has 0 fully saturated rings. The molecular formula is C21H20Cl2NO+. The Balaban J connectivity index is 1.81. The topological polar surface area (TPSA) is 36.8 Å². The lowest BCUT2D eigenvalue weighted by atomic mass is 9.86. The van der Waals surface area contributed by atoms with E-state index < -0.39 is 5.60 Å². The first-order chi connectivity index (χ1) is 12.1. The van der Waals surface area contributed by atoms with E-state index >= 15 is 0 Å². The summed E-state index contributed by atoms with van der Waals surface area (Å²) in [4.78, 5) is 0. The Morgan fingerprint density at radius 2 is 1.24 bits per heavy atom. The molecule has 3 rings (SSSR count). The van der Waals surface area contributed by atoms with Crippen LogP contribution >= 0.6 is 23.2 Å². The van der Waals surface area contributed by atoms with Crippen LogP contribution in [0.15, 0.2) is 78.9 Å². The molecule has 0 aromatic heterocycles. The summed E-state index contributed by atoms with van der Waals surface area (Å²) in [5, 5.41) is 15.0. The standard InChI is InChI=1S/C21H19Cl2NO/c22-19-10-6-16(7-11-19)14-24-15-21(25,17-4-2-1-3-5-17)18-8-12-20(23)13-9-18/h1-13,24-25H,14-15H2/p+1/t21-/m1/s1. The van der Waals surface area contributed by atoms with Gasteiger partial charge in [0, 0.05) is 15.6 Å². The highest BCUT2D eigenvalue weighted by atomic mass is 35.5. The summed E-state index contributed by atoms with van der Waals surface area (Å²) in [7, 11) is 0. The first-order valence-electron chi connectivity index (χ1n) is 8.18. The fourth-order valence-electron chi connectivity index (χ4n) is 2.91. The summed E-state index contributed by atoms with van der Waals surface area (Å²) in [5.74, 6) is 0. The first kappa shape index (κ1) is 18.0. The van der Waals surface area contributed by atoms with Gasteiger partial charge in [-0.25, -0.2) is 0 Å². The van der Waals surface area contributed by atoms with E-state index in [0.29, 0.717) is 11.6 Å². The molecular weight excluding hydrogens is 353 g/mol. The van der Waals surface area contributed by atoms with Crippen molar-refractivity contribution in [3.63, 3.8) is 0 Å². The minimum atomic E-state index is -1.09. The molecule has 3 aromatic rings. The summed E-state index contributed by atoms with van der Waals surface area (Å²) >= 11 is 11.9. The Labute approximate surface area is 158 Å². The average molecular weight is 373 g/mol. The molecule has 0 spiro atoms. The second-order valence-electron chi connectivity index (χ2n) is 6.06. The van der Waals surface area contributed by atoms with E-state index in [1.165, 1.54) is 0 Å². The SMILES string of the molecule is O[C@](C[NH2+]Cc1ccc(Cl)cc1)(c1ccccc1)c1ccc(Cl)cc1. The average Bonchev–Trinajstić information content (AvgIpc) is 2.64. The van der Waals surface area contributed by atoms with Crippen molar-refractivity contribution in [3.8, 4) is 0 Å². The van der Waals surface area contributed by atoms with Crippen LogP contribution in [-0.4, -0.2) is 11.7 Å². The Morgan fingerprint density at radius 1 is 0.720 bits per heavy atom. The van der Waals surface area contributed by atoms with Gasteiger partial charge in [-0.15, -0.1) is 0 Å². The van der Waals surface area contributed by atoms with Gasteiger partial charge in [-0.1, -0.05) is 77.8 Å². The molecule has 0 saturated heterocycles. The van der Waals surface area contributed by atoms with Gasteiger partial charge in [0.05, 0.1) is 0 Å². The van der Waals surface area contributed by atoms with Crippen LogP contribution in [-0.2, 0) is 12.1 Å². The van der Waals surface area contributed by atoms with Crippen molar-refractivity contribution >= 4 is 23.2 Å². The van der Waals surface area contributed by atoms with Crippen molar-refractivity contribution in [3.05, 3.63) is 106 Å². The van der Waals surface area contributed by atoms with Gasteiger partial charge in [0.2, 0.25) is 0 Å². The normalized spacial score (nSPS) is 13.4. The zero-order chi connectivity index (χ0) is 17.7. The third-order valence-electron chi connectivity index (χ3n) is 4.31. The number of halogens is 2. The molecule has 0 unspecified atom stereocenters. The molecule has 128 valence electrons. The van der Waals surface area contributed by atoms with Gasteiger partial charge in [0.25, 0.3) is 0 Å². The highest BCUT2D eigenvalue weighted by Gasteiger charge is 2.33. The Morgan fingerprint density at radius 3 is 1.84 bits per heavy atom. The van der Waals surface area contributed by atoms with Gasteiger partial charge in [-0.05, 0) is 35.4 Å². The fraction of sp³-hybridized carbons (Fsp3) is 0.143. The summed E-state index contributed by atoms with van der Waals surface area (Å²) in [6.45, 7) is 1.27. The highest BCUT2D eigenvalue weighted by Crippen LogP contribution is 2.29. The molecule has 0 heterocycles. The molecule has 25 heavy (non-hydrogen) atoms. The van der Waals surface area contributed by atoms with E-state index in [-0.39, 0.29) is 0 Å². The molecule has 0 aliphatic rings. The monoisotopic (exact) mass is 372 g/mol. The number of nitrogens with two attached hydrogens (primary N) is 1. The van der Waals surface area contributed by atoms with E-state index in [9.17, 15) is 5.11 Å². The van der Waals surface area contributed by atoms with Gasteiger partial charge < -0.3 is 10.4 Å². The molecule has 4 heteroatoms. The molecule has 0 amide bonds. The molecule has 0 aliphatic heterocycles. The number of hydrogen-bond acceptors (Lipinski definition) is 1. The van der Waals surface area contributed by atoms with Crippen LogP contribution in [0.5, 0.6) is 0 Å². The van der Waals surface area contributed by atoms with Crippen LogP contribution in [0.1, 0.15) is 16.7 Å². The number of benzene rings is 3. The van der Waals surface area contributed by atoms with E-state index in [0.717, 1.165) is 28.3 Å². The predicted molar refractivity (Wildman–Crippen MR) is 103 cm³/mol. The van der Waals surface area contributed by atoms with Crippen molar-refractivity contribution in [1.29, 1.82) is 0 Å². The van der Waals surface area contributed by atoms with Crippen molar-refractivity contribution in [2.75, 3.05) is 6.54 Å². The van der Waals surface area contributed by atoms with Crippen LogP contribution in [0, 0.1) is 0 Å². The lowest BCUT2D eigenvalue weighted by Gasteiger charge is -2.28. The summed E-state index contributed by atoms with van der Waals surface area (Å²) in [6, 6.07) is 24.9. The molecule has 0 aliphatic carbocycles. The summed E-state index contributed by atoms with van der Waals surface area (Å²) < 4.78 is 0. The Kier molecular flexibility index (Phi) is 5.77. The van der Waals surface area contributed by atoms with Gasteiger partial charge in [0.15, 0.2) is 5.60 Å². The molecule has 0 saturated carbocycles. The Hall–Kier alpha value is -1.84. The van der Waals surface area contributed by atoms with Gasteiger partial charge in [-0.2, -0.15) is 0 Å². The molecule has 3 N–H and O–H groups in total. The number of aliphatic hydroxyl groups is 1. The number of rotatable bonds is 6. The highest BCUT2D eigenvalue weighted by molar-refractivity contribution is 6.30. The third-order valence-corrected chi connectivity index (χ3v) is 4.81. The third kappa shape index (κ3) is 4.42. The smallest absolute Gasteiger partial charge is 0.163 e. The lowest BCUT2D eigenvalue weighted by molar-refractivity contribution is -0.682. The number of quaternary nitrogens is 1. The van der Waals surface area contributed by atoms with E-state index in [2.05, 4.69) is 5.32 Å². The maximum atomic E-state index is 11.5. The van der Waals surface area contributed by atoms with Gasteiger partial charge in [-0.3, -0.25) is 0 Å². The van der Waals surface area contributed by atoms with Crippen LogP contribution in [0.2, 0.25) is 10.0 Å². The van der Waals surface area contributed by atoms with Crippen molar-refractivity contribution < 1.29 is 10.4 Å². The lowest BCUT2D eigenvalue weighted by Crippen LogP contribution is -2.86. The molecule has 0 bridgehead atoms. The second-order valence-corrected chi connectivity index (χ2v) is 6.93. The van der Waals surface area contributed by atoms with Crippen molar-refractivity contribution in [2.45, 2.75) is 12.1 Å². The fourth-order valence-corrected chi connectivity index (χ4v) is 3.16. The first-order valence-corrected chi connectivity index (χ1v) is 8.93. The zero-order valence-electron chi connectivity index (χ0n) is 13.7. The zero-order valence-corrected chi connectivity index (χ0v) is 15.2. The van der Waals surface area contributed by atoms with E-state index in [1.807, 2.05) is 78.9 Å². The van der Waals surface area contributed by atoms with Crippen LogP contribution in [0.4, 0.5) is 0 Å². The summed E-state index contributed by atoms with van der Waals surface area (Å²) in [6.07, 6.45) is 0. The molecule has 1 atom stereocenters. The largest absolute Gasteiger partial charge is 0.375 e. The van der Waals surface area contributed by atoms with E-state index in [4.69, 9.17) is 23.2 Å². The minimum Gasteiger partial charge on any atom is -0.375 e. The second kappa shape index (κ2) is 8.03. The Bertz CT molecular complexity index is 804. The van der Waals surface area contributed by atoms with Crippen molar-refractivity contribution in [2.24, 2.45) is 0 Å². The summed E-state index contributed by atoms with van der Waals surface area (Å²) in [5.41, 5.74) is 1.77. The molecule has 3 aromatic carbocycles. The van der Waals surface area contributed by atoms with Crippen LogP contribution in [0.25, 0.3) is 0 Å². The van der Waals surface area contributed by atoms with Gasteiger partial charge >= 0.3 is 0 Å². The maximum absolute atomic E-state index is 11.5. The molecule has 0 radical (unpaired) electrons. The van der Waals surface area contributed by atoms with Gasteiger partial charge in [0.1, 0.15) is 13.1 Å². The van der Waals surface area contributed by atoms with Crippen LogP contribution in [0.3, 0.4) is 0 Å². The van der Waals surface area contributed by atoms with E-state index in [1.54, 1.807) is 0 Å².